The van der Waals surface area contributed by atoms with Gasteiger partial charge >= 0.3 is 0 Å². The summed E-state index contributed by atoms with van der Waals surface area (Å²) in [6.45, 7) is 12.0. The van der Waals surface area contributed by atoms with Crippen LogP contribution in [0.3, 0.4) is 0 Å². The van der Waals surface area contributed by atoms with Gasteiger partial charge in [0.2, 0.25) is 16.3 Å². The smallest absolute Gasteiger partial charge is 0.278 e. The molecule has 5 heterocycles. The molecule has 0 spiro atoms. The monoisotopic (exact) mass is 1180 g/mol. The first kappa shape index (κ1) is 61.7. The van der Waals surface area contributed by atoms with Crippen LogP contribution in [-0.4, -0.2) is 101 Å². The second-order valence-electron chi connectivity index (χ2n) is 21.4. The Morgan fingerprint density at radius 3 is 1.69 bits per heavy atom. The highest BCUT2D eigenvalue weighted by Gasteiger charge is 2.45. The van der Waals surface area contributed by atoms with Gasteiger partial charge in [0, 0.05) is 54.9 Å². The number of aryl methyl sites for hydroxylation is 2. The average Bonchev–Trinajstić information content (AvgIpc) is 1.34. The van der Waals surface area contributed by atoms with Gasteiger partial charge in [-0.3, -0.25) is 47.8 Å². The van der Waals surface area contributed by atoms with Crippen molar-refractivity contribution in [2.24, 2.45) is 0 Å². The first-order valence-electron chi connectivity index (χ1n) is 28.1. The molecule has 3 aliphatic rings. The minimum atomic E-state index is -0.544. The minimum Gasteiger partial charge on any atom is -0.502 e. The van der Waals surface area contributed by atoms with Crippen LogP contribution in [0.15, 0.2) is 160 Å². The summed E-state index contributed by atoms with van der Waals surface area (Å²) in [7, 11) is 0. The predicted octanol–water partition coefficient (Wildman–Crippen LogP) is 8.52. The van der Waals surface area contributed by atoms with Gasteiger partial charge in [-0.15, -0.1) is 0 Å². The van der Waals surface area contributed by atoms with Crippen molar-refractivity contribution in [2.45, 2.75) is 117 Å². The number of aromatic nitrogens is 3. The first-order valence-corrected chi connectivity index (χ1v) is 30.9. The van der Waals surface area contributed by atoms with Crippen molar-refractivity contribution in [3.8, 4) is 17.2 Å². The summed E-state index contributed by atoms with van der Waals surface area (Å²) in [5, 5.41) is 15.8. The molecular weight excluding hydrogens is 1100 g/mol. The molecule has 2 aliphatic heterocycles. The fourth-order valence-corrected chi connectivity index (χ4v) is 11.7. The number of rotatable bonds is 17. The van der Waals surface area contributed by atoms with Gasteiger partial charge in [-0.2, -0.15) is 23.5 Å². The predicted molar refractivity (Wildman–Crippen MR) is 334 cm³/mol. The van der Waals surface area contributed by atoms with Crippen molar-refractivity contribution in [3.63, 3.8) is 0 Å². The van der Waals surface area contributed by atoms with Gasteiger partial charge in [0.25, 0.3) is 17.7 Å². The van der Waals surface area contributed by atoms with E-state index in [4.69, 9.17) is 15.3 Å². The Hall–Kier alpha value is -8.36. The van der Waals surface area contributed by atoms with E-state index >= 15 is 0 Å². The number of hydrogen-bond donors (Lipinski definition) is 4. The summed E-state index contributed by atoms with van der Waals surface area (Å²) in [6, 6.07) is 39.6. The van der Waals surface area contributed by atoms with Gasteiger partial charge in [0.05, 0.1) is 6.04 Å². The van der Waals surface area contributed by atoms with Crippen LogP contribution in [-0.2, 0) is 26.1 Å². The van der Waals surface area contributed by atoms with E-state index in [1.807, 2.05) is 113 Å². The number of fused-ring (bicyclic) bond motifs is 4. The molecule has 3 aromatic heterocycles. The number of carbonyl (C=O) groups is 3. The van der Waals surface area contributed by atoms with Crippen molar-refractivity contribution in [3.05, 3.63) is 227 Å². The Bertz CT molecular complexity index is 3560. The number of ether oxygens (including phenoxy) is 2. The maximum Gasteiger partial charge on any atom is 0.278 e. The van der Waals surface area contributed by atoms with E-state index in [1.165, 1.54) is 46.6 Å². The number of nitrogen functional groups attached to an aromatic ring is 1. The molecule has 3 amide bonds. The molecule has 1 aliphatic carbocycles. The zero-order valence-electron chi connectivity index (χ0n) is 48.8. The second kappa shape index (κ2) is 28.3. The van der Waals surface area contributed by atoms with E-state index in [0.717, 1.165) is 53.0 Å². The Balaban J connectivity index is 0.000000169. The lowest BCUT2D eigenvalue weighted by molar-refractivity contribution is 0.0458. The third kappa shape index (κ3) is 13.8. The van der Waals surface area contributed by atoms with Gasteiger partial charge in [0.15, 0.2) is 34.3 Å². The second-order valence-corrected chi connectivity index (χ2v) is 23.3. The molecule has 7 aromatic rings. The number of nitrogens with two attached hydrogens (primary N) is 1. The highest BCUT2D eigenvalue weighted by atomic mass is 32.2. The van der Waals surface area contributed by atoms with Crippen LogP contribution in [0.25, 0.3) is 0 Å². The largest absolute Gasteiger partial charge is 0.502 e. The number of hydrogen-bond acceptors (Lipinski definition) is 14. The number of amides is 3. The molecular formula is C64H75N9O9S2. The van der Waals surface area contributed by atoms with Crippen LogP contribution < -0.4 is 47.4 Å². The fraction of sp³-hybridized carbons (Fsp3) is 0.344. The van der Waals surface area contributed by atoms with Gasteiger partial charge in [0.1, 0.15) is 25.5 Å². The molecule has 84 heavy (non-hydrogen) atoms. The Morgan fingerprint density at radius 1 is 0.631 bits per heavy atom. The van der Waals surface area contributed by atoms with Crippen molar-refractivity contribution in [1.82, 2.24) is 29.1 Å². The van der Waals surface area contributed by atoms with E-state index in [2.05, 4.69) is 70.5 Å². The van der Waals surface area contributed by atoms with Crippen molar-refractivity contribution >= 4 is 41.2 Å². The summed E-state index contributed by atoms with van der Waals surface area (Å²) in [5.74, 6) is 6.18. The third-order valence-electron chi connectivity index (χ3n) is 14.6. The minimum absolute atomic E-state index is 0.00267. The molecule has 18 nitrogen and oxygen atoms in total. The van der Waals surface area contributed by atoms with E-state index < -0.39 is 17.1 Å². The van der Waals surface area contributed by atoms with Crippen LogP contribution in [0.2, 0.25) is 0 Å². The number of pyridine rings is 3. The number of nitrogens with zero attached hydrogens (tertiary/aromatic N) is 6. The number of carbonyl (C=O) groups excluding carboxylic acids is 3. The fourth-order valence-electron chi connectivity index (χ4n) is 10.7. The van der Waals surface area contributed by atoms with Crippen LogP contribution in [0, 0.1) is 0 Å². The molecule has 10 rings (SSSR count). The maximum absolute atomic E-state index is 13.8. The Morgan fingerprint density at radius 2 is 1.13 bits per heavy atom. The van der Waals surface area contributed by atoms with Gasteiger partial charge in [-0.1, -0.05) is 109 Å². The molecule has 0 bridgehead atoms. The van der Waals surface area contributed by atoms with Gasteiger partial charge in [-0.25, -0.2) is 0 Å². The molecule has 20 heteroatoms. The standard InChI is InChI=1S/C28H31N3O3S.C20H25N3O3S.C16H19N3O3/c1-18(2)30-24(15-17-35-3)31(29-16-14-23(32)27(33)26(29)28(30)34)25-21-10-6-4-8-19(21)12-13-20-9-5-7-11-22(20)25;1-14(2)23-17(10-12-27-3)21-22-11-9-16(24)19(18(22)20(23)25)26-13-15-7-5-4-6-8-15;1-11(2)18-16(21)14-15(13(20)8-9-19(14)17)22-10-12-6-4-3-5-7-12/h4-11,14,16,18,24-25,33H,12-13,15,17H2,1-3H3;4-9,11,14,17,21H,10,12-13H2,1-3H3;3-9,11H,10,17H2,1-2H3,(H,18,21). The summed E-state index contributed by atoms with van der Waals surface area (Å²) in [4.78, 5) is 79.8. The zero-order chi connectivity index (χ0) is 60.2. The summed E-state index contributed by atoms with van der Waals surface area (Å²) in [6.07, 6.45) is 11.8. The van der Waals surface area contributed by atoms with Crippen molar-refractivity contribution in [1.29, 1.82) is 0 Å². The lowest BCUT2D eigenvalue weighted by atomic mass is 9.93. The number of aromatic hydroxyl groups is 1. The van der Waals surface area contributed by atoms with Gasteiger partial charge in [-0.05, 0) is 125 Å². The molecule has 0 saturated carbocycles. The summed E-state index contributed by atoms with van der Waals surface area (Å²) in [5.41, 5.74) is 9.19. The van der Waals surface area contributed by atoms with Crippen LogP contribution in [0.5, 0.6) is 17.2 Å². The summed E-state index contributed by atoms with van der Waals surface area (Å²) >= 11 is 3.49. The van der Waals surface area contributed by atoms with E-state index in [9.17, 15) is 33.9 Å². The molecule has 442 valence electrons. The number of benzene rings is 4. The number of thioether (sulfide) groups is 2. The lowest BCUT2D eigenvalue weighted by Gasteiger charge is -2.51. The van der Waals surface area contributed by atoms with Gasteiger partial charge < -0.3 is 41.0 Å². The highest BCUT2D eigenvalue weighted by Crippen LogP contribution is 2.41. The Labute approximate surface area is 498 Å². The molecule has 2 atom stereocenters. The van der Waals surface area contributed by atoms with Crippen molar-refractivity contribution in [2.75, 3.05) is 40.3 Å². The highest BCUT2D eigenvalue weighted by molar-refractivity contribution is 7.98. The summed E-state index contributed by atoms with van der Waals surface area (Å²) < 4.78 is 15.8. The quantitative estimate of drug-likeness (QED) is 0.0629. The molecule has 0 radical (unpaired) electrons. The maximum atomic E-state index is 13.8. The topological polar surface area (TPSA) is 216 Å². The van der Waals surface area contributed by atoms with E-state index in [1.54, 1.807) is 50.2 Å². The normalized spacial score (nSPS) is 15.3. The van der Waals surface area contributed by atoms with E-state index in [0.29, 0.717) is 0 Å². The van der Waals surface area contributed by atoms with E-state index in [-0.39, 0.29) is 101 Å². The van der Waals surface area contributed by atoms with Crippen molar-refractivity contribution < 1.29 is 29.0 Å². The average molecular weight is 1180 g/mol. The molecule has 5 N–H and O–H groups in total. The molecule has 4 aromatic carbocycles. The third-order valence-corrected chi connectivity index (χ3v) is 15.9. The first-order chi connectivity index (χ1) is 40.4. The Kier molecular flexibility index (Phi) is 20.8. The zero-order valence-corrected chi connectivity index (χ0v) is 50.4. The molecule has 2 unspecified atom stereocenters. The molecule has 0 fully saturated rings. The van der Waals surface area contributed by atoms with Crippen LogP contribution in [0.4, 0.5) is 0 Å². The van der Waals surface area contributed by atoms with Crippen LogP contribution >= 0.6 is 23.5 Å². The van der Waals surface area contributed by atoms with Crippen LogP contribution in [0.1, 0.15) is 125 Å². The number of nitrogens with one attached hydrogen (secondary N) is 2. The SMILES string of the molecule is CC(C)NC(=O)c1c(OCc2ccccc2)c(=O)ccn1N.CSCCC1N(C(C)C)C(=O)c2c(O)c(=O)ccn2N1C1c2ccccc2CCc2ccccc21.CSCCC1Nn2ccc(=O)c(OCc3ccccc3)c2C(=O)N1C(C)C. The molecule has 0 saturated heterocycles. The lowest BCUT2D eigenvalue weighted by Crippen LogP contribution is -2.64.